The average molecular weight is 254 g/mol. The van der Waals surface area contributed by atoms with Gasteiger partial charge in [-0.15, -0.1) is 13.2 Å². The Bertz CT molecular complexity index is 448. The Morgan fingerprint density at radius 3 is 2.53 bits per heavy atom. The van der Waals surface area contributed by atoms with Crippen LogP contribution in [-0.4, -0.2) is 28.5 Å². The van der Waals surface area contributed by atoms with Crippen LogP contribution in [-0.2, 0) is 0 Å². The number of rotatable bonds is 3. The Morgan fingerprint density at radius 1 is 1.53 bits per heavy atom. The van der Waals surface area contributed by atoms with Gasteiger partial charge >= 0.3 is 12.2 Å². The van der Waals surface area contributed by atoms with Crippen molar-refractivity contribution >= 4 is 5.82 Å². The van der Waals surface area contributed by atoms with E-state index in [0.29, 0.717) is 6.20 Å². The van der Waals surface area contributed by atoms with Crippen LogP contribution in [0.5, 0.6) is 17.2 Å². The summed E-state index contributed by atoms with van der Waals surface area (Å²) in [6.45, 7) is 0. The number of alkyl halides is 3. The molecular weight excluding hydrogens is 249 g/mol. The minimum atomic E-state index is -5.13. The van der Waals surface area contributed by atoms with E-state index in [4.69, 9.17) is 0 Å². The lowest BCUT2D eigenvalue weighted by Crippen LogP contribution is -2.18. The fourth-order valence-corrected chi connectivity index (χ4v) is 0.951. The van der Waals surface area contributed by atoms with Gasteiger partial charge in [0.1, 0.15) is 0 Å². The molecule has 0 atom stereocenters. The Labute approximate surface area is 91.6 Å². The second-order valence-corrected chi connectivity index (χ2v) is 2.63. The van der Waals surface area contributed by atoms with Crippen LogP contribution in [0.3, 0.4) is 0 Å². The lowest BCUT2D eigenvalue weighted by molar-refractivity contribution is -0.390. The highest BCUT2D eigenvalue weighted by molar-refractivity contribution is 5.57. The van der Waals surface area contributed by atoms with Gasteiger partial charge in [-0.25, -0.2) is 0 Å². The predicted molar refractivity (Wildman–Crippen MR) is 45.8 cm³/mol. The van der Waals surface area contributed by atoms with Crippen LogP contribution in [0.1, 0.15) is 0 Å². The van der Waals surface area contributed by atoms with Crippen molar-refractivity contribution in [1.82, 2.24) is 4.98 Å². The number of nitrogens with zero attached hydrogens (tertiary/aromatic N) is 2. The van der Waals surface area contributed by atoms with E-state index in [2.05, 4.69) is 14.5 Å². The smallest absolute Gasteiger partial charge is 0.498 e. The summed E-state index contributed by atoms with van der Waals surface area (Å²) in [6, 6.07) is 0. The number of hydrogen-bond acceptors (Lipinski definition) is 6. The first kappa shape index (κ1) is 12.8. The first-order chi connectivity index (χ1) is 7.76. The third-order valence-electron chi connectivity index (χ3n) is 1.57. The van der Waals surface area contributed by atoms with Crippen molar-refractivity contribution < 1.29 is 32.7 Å². The van der Waals surface area contributed by atoms with Gasteiger partial charge in [-0.05, 0) is 9.91 Å². The summed E-state index contributed by atoms with van der Waals surface area (Å²) in [4.78, 5) is 12.3. The van der Waals surface area contributed by atoms with Crippen molar-refractivity contribution in [2.45, 2.75) is 6.36 Å². The van der Waals surface area contributed by atoms with Gasteiger partial charge in [0.15, 0.2) is 6.20 Å². The molecule has 10 heteroatoms. The number of ether oxygens (including phenoxy) is 2. The first-order valence-electron chi connectivity index (χ1n) is 3.92. The molecule has 1 N–H and O–H groups in total. The van der Waals surface area contributed by atoms with Crippen molar-refractivity contribution in [1.29, 1.82) is 0 Å². The number of aromatic hydroxyl groups is 1. The molecule has 17 heavy (non-hydrogen) atoms. The largest absolute Gasteiger partial charge is 0.573 e. The van der Waals surface area contributed by atoms with E-state index in [-0.39, 0.29) is 0 Å². The molecule has 0 saturated carbocycles. The normalized spacial score (nSPS) is 11.1. The van der Waals surface area contributed by atoms with Gasteiger partial charge in [0.2, 0.25) is 11.5 Å². The molecule has 1 aromatic heterocycles. The minimum Gasteiger partial charge on any atom is -0.498 e. The molecule has 0 fully saturated rings. The van der Waals surface area contributed by atoms with E-state index in [1.54, 1.807) is 0 Å². The molecule has 0 unspecified atom stereocenters. The highest BCUT2D eigenvalue weighted by Crippen LogP contribution is 2.43. The van der Waals surface area contributed by atoms with Gasteiger partial charge in [-0.2, -0.15) is 0 Å². The van der Waals surface area contributed by atoms with Gasteiger partial charge in [0.25, 0.3) is 5.75 Å². The van der Waals surface area contributed by atoms with Crippen LogP contribution in [0.25, 0.3) is 0 Å². The van der Waals surface area contributed by atoms with Crippen molar-refractivity contribution in [3.8, 4) is 17.2 Å². The summed E-state index contributed by atoms with van der Waals surface area (Å²) >= 11 is 0. The second kappa shape index (κ2) is 4.31. The van der Waals surface area contributed by atoms with Crippen LogP contribution in [0.15, 0.2) is 6.20 Å². The number of methoxy groups -OCH3 is 1. The van der Waals surface area contributed by atoms with Crippen LogP contribution in [0.2, 0.25) is 0 Å². The van der Waals surface area contributed by atoms with Gasteiger partial charge in [0, 0.05) is 0 Å². The van der Waals surface area contributed by atoms with E-state index in [1.807, 2.05) is 0 Å². The number of hydrogen-bond donors (Lipinski definition) is 1. The summed E-state index contributed by atoms with van der Waals surface area (Å²) < 4.78 is 43.8. The average Bonchev–Trinajstić information content (AvgIpc) is 2.18. The molecule has 0 aliphatic carbocycles. The summed E-state index contributed by atoms with van der Waals surface area (Å²) in [7, 11) is 0.992. The quantitative estimate of drug-likeness (QED) is 0.650. The molecule has 0 amide bonds. The Hall–Kier alpha value is -2.26. The van der Waals surface area contributed by atoms with Crippen LogP contribution >= 0.6 is 0 Å². The maximum atomic E-state index is 12.0. The van der Waals surface area contributed by atoms with Crippen LogP contribution in [0, 0.1) is 10.1 Å². The van der Waals surface area contributed by atoms with Gasteiger partial charge < -0.3 is 24.7 Å². The summed E-state index contributed by atoms with van der Waals surface area (Å²) in [5.74, 6) is -4.30. The molecular formula is C7H5F3N2O5. The third kappa shape index (κ3) is 2.86. The zero-order valence-electron chi connectivity index (χ0n) is 8.19. The third-order valence-corrected chi connectivity index (χ3v) is 1.57. The maximum absolute atomic E-state index is 12.0. The first-order valence-corrected chi connectivity index (χ1v) is 3.92. The fraction of sp³-hybridized carbons (Fsp3) is 0.286. The summed E-state index contributed by atoms with van der Waals surface area (Å²) in [5, 5.41) is 19.6. The summed E-state index contributed by atoms with van der Waals surface area (Å²) in [5.41, 5.74) is 0. The van der Waals surface area contributed by atoms with Crippen molar-refractivity contribution in [2.75, 3.05) is 7.11 Å². The lowest BCUT2D eigenvalue weighted by atomic mass is 10.3. The molecule has 0 aromatic carbocycles. The molecule has 7 nitrogen and oxygen atoms in total. The van der Waals surface area contributed by atoms with E-state index in [9.17, 15) is 28.4 Å². The van der Waals surface area contributed by atoms with E-state index in [0.717, 1.165) is 7.11 Å². The van der Waals surface area contributed by atoms with Gasteiger partial charge in [-0.1, -0.05) is 0 Å². The Balaban J connectivity index is 3.32. The highest BCUT2D eigenvalue weighted by atomic mass is 19.4. The number of aromatic nitrogens is 1. The Kier molecular flexibility index (Phi) is 3.25. The van der Waals surface area contributed by atoms with Crippen molar-refractivity contribution in [2.24, 2.45) is 0 Å². The SMILES string of the molecule is COc1cnc([N+](=O)[O-])c(O)c1OC(F)(F)F. The molecule has 1 rings (SSSR count). The van der Waals surface area contributed by atoms with E-state index in [1.165, 1.54) is 0 Å². The van der Waals surface area contributed by atoms with Crippen molar-refractivity contribution in [3.05, 3.63) is 16.3 Å². The van der Waals surface area contributed by atoms with Crippen LogP contribution < -0.4 is 9.47 Å². The number of halogens is 3. The van der Waals surface area contributed by atoms with E-state index >= 15 is 0 Å². The molecule has 0 saturated heterocycles. The Morgan fingerprint density at radius 2 is 2.12 bits per heavy atom. The highest BCUT2D eigenvalue weighted by Gasteiger charge is 2.37. The molecule has 0 aliphatic heterocycles. The monoisotopic (exact) mass is 254 g/mol. The van der Waals surface area contributed by atoms with Gasteiger partial charge in [0.05, 0.1) is 7.11 Å². The standard InChI is InChI=1S/C7H5F3N2O5/c1-16-3-2-11-6(12(14)15)4(13)5(3)17-7(8,9)10/h2,13H,1H3. The van der Waals surface area contributed by atoms with E-state index < -0.39 is 34.4 Å². The second-order valence-electron chi connectivity index (χ2n) is 2.63. The molecule has 0 radical (unpaired) electrons. The fourth-order valence-electron chi connectivity index (χ4n) is 0.951. The summed E-state index contributed by atoms with van der Waals surface area (Å²) in [6.07, 6.45) is -4.49. The van der Waals surface area contributed by atoms with Crippen LogP contribution in [0.4, 0.5) is 19.0 Å². The van der Waals surface area contributed by atoms with Crippen molar-refractivity contribution in [3.63, 3.8) is 0 Å². The number of nitro groups is 1. The molecule has 0 bridgehead atoms. The zero-order valence-corrected chi connectivity index (χ0v) is 8.19. The molecule has 1 heterocycles. The number of pyridine rings is 1. The minimum absolute atomic E-state index is 0.578. The topological polar surface area (TPSA) is 94.7 Å². The maximum Gasteiger partial charge on any atom is 0.573 e. The molecule has 1 aromatic rings. The predicted octanol–water partition coefficient (Wildman–Crippen LogP) is 1.60. The molecule has 94 valence electrons. The molecule has 0 spiro atoms. The van der Waals surface area contributed by atoms with Gasteiger partial charge in [-0.3, -0.25) is 0 Å². The zero-order chi connectivity index (χ0) is 13.2. The lowest BCUT2D eigenvalue weighted by Gasteiger charge is -2.12. The molecule has 0 aliphatic rings.